The largest absolute Gasteiger partial charge is 0.368 e. The fraction of sp³-hybridized carbons (Fsp3) is 0.182. The maximum atomic E-state index is 11.8. The van der Waals surface area contributed by atoms with E-state index in [4.69, 9.17) is 5.73 Å². The number of nitrogens with one attached hydrogen (secondary N) is 1. The number of anilines is 2. The molecule has 19 heavy (non-hydrogen) atoms. The van der Waals surface area contributed by atoms with E-state index in [2.05, 4.69) is 38.1 Å². The molecule has 1 amide bonds. The fourth-order valence-electron chi connectivity index (χ4n) is 1.33. The molecule has 0 atom stereocenters. The van der Waals surface area contributed by atoms with Crippen LogP contribution in [0.25, 0.3) is 0 Å². The molecule has 0 fully saturated rings. The molecular formula is C11H12IN5OS. The molecule has 1 heterocycles. The van der Waals surface area contributed by atoms with Crippen LogP contribution in [0.5, 0.6) is 0 Å². The molecular weight excluding hydrogens is 377 g/mol. The molecule has 0 saturated heterocycles. The van der Waals surface area contributed by atoms with E-state index in [1.54, 1.807) is 11.6 Å². The van der Waals surface area contributed by atoms with Crippen molar-refractivity contribution in [3.05, 3.63) is 27.8 Å². The first-order chi connectivity index (χ1) is 9.08. The topological polar surface area (TPSA) is 85.8 Å². The predicted octanol–water partition coefficient (Wildman–Crippen LogP) is 1.73. The zero-order valence-electron chi connectivity index (χ0n) is 10.1. The Morgan fingerprint density at radius 3 is 2.84 bits per heavy atom. The first kappa shape index (κ1) is 14.1. The van der Waals surface area contributed by atoms with Gasteiger partial charge < -0.3 is 11.1 Å². The third kappa shape index (κ3) is 3.60. The maximum Gasteiger partial charge on any atom is 0.234 e. The van der Waals surface area contributed by atoms with Crippen LogP contribution in [0.2, 0.25) is 0 Å². The summed E-state index contributed by atoms with van der Waals surface area (Å²) in [7, 11) is 1.76. The predicted molar refractivity (Wildman–Crippen MR) is 83.9 cm³/mol. The van der Waals surface area contributed by atoms with Crippen LogP contribution < -0.4 is 11.1 Å². The number of thioether (sulfide) groups is 1. The zero-order valence-corrected chi connectivity index (χ0v) is 13.1. The second-order valence-electron chi connectivity index (χ2n) is 3.72. The Balaban J connectivity index is 1.92. The lowest BCUT2D eigenvalue weighted by Crippen LogP contribution is -2.15. The van der Waals surface area contributed by atoms with Crippen molar-refractivity contribution in [2.24, 2.45) is 7.05 Å². The van der Waals surface area contributed by atoms with Gasteiger partial charge in [-0.2, -0.15) is 0 Å². The molecule has 0 aliphatic rings. The van der Waals surface area contributed by atoms with Crippen molar-refractivity contribution in [2.75, 3.05) is 16.8 Å². The van der Waals surface area contributed by atoms with Crippen molar-refractivity contribution in [2.45, 2.75) is 5.16 Å². The molecule has 0 bridgehead atoms. The third-order valence-electron chi connectivity index (χ3n) is 2.35. The van der Waals surface area contributed by atoms with Gasteiger partial charge in [-0.15, -0.1) is 10.2 Å². The summed E-state index contributed by atoms with van der Waals surface area (Å²) in [6.45, 7) is 0. The number of nitrogen functional groups attached to an aromatic ring is 1. The number of carbonyl (C=O) groups is 1. The summed E-state index contributed by atoms with van der Waals surface area (Å²) in [5, 5.41) is 11.1. The number of hydrogen-bond donors (Lipinski definition) is 2. The number of hydrogen-bond acceptors (Lipinski definition) is 5. The van der Waals surface area contributed by atoms with E-state index in [1.807, 2.05) is 24.3 Å². The number of amides is 1. The number of halogens is 1. The normalized spacial score (nSPS) is 10.4. The Morgan fingerprint density at radius 2 is 2.21 bits per heavy atom. The van der Waals surface area contributed by atoms with Gasteiger partial charge in [0.15, 0.2) is 5.16 Å². The molecule has 0 saturated carbocycles. The van der Waals surface area contributed by atoms with Gasteiger partial charge in [-0.05, 0) is 34.7 Å². The average molecular weight is 389 g/mol. The molecule has 0 aliphatic carbocycles. The summed E-state index contributed by atoms with van der Waals surface area (Å²) in [5.41, 5.74) is 6.38. The van der Waals surface area contributed by atoms with Crippen LogP contribution in [-0.2, 0) is 11.8 Å². The number of benzene rings is 1. The minimum atomic E-state index is -0.0873. The molecule has 0 aliphatic heterocycles. The van der Waals surface area contributed by atoms with Gasteiger partial charge in [-0.3, -0.25) is 9.36 Å². The molecule has 2 rings (SSSR count). The van der Waals surface area contributed by atoms with Crippen molar-refractivity contribution >= 4 is 51.9 Å². The lowest BCUT2D eigenvalue weighted by atomic mass is 10.3. The van der Waals surface area contributed by atoms with E-state index < -0.39 is 0 Å². The Hall–Kier alpha value is -1.29. The fourth-order valence-corrected chi connectivity index (χ4v) is 2.57. The zero-order chi connectivity index (χ0) is 13.8. The molecule has 0 radical (unpaired) electrons. The van der Waals surface area contributed by atoms with E-state index in [9.17, 15) is 4.79 Å². The van der Waals surface area contributed by atoms with Crippen LogP contribution in [-0.4, -0.2) is 26.4 Å². The van der Waals surface area contributed by atoms with Crippen molar-refractivity contribution in [3.63, 3.8) is 0 Å². The number of para-hydroxylation sites is 1. The van der Waals surface area contributed by atoms with E-state index in [1.165, 1.54) is 11.8 Å². The summed E-state index contributed by atoms with van der Waals surface area (Å²) < 4.78 is 2.64. The Kier molecular flexibility index (Phi) is 4.64. The molecule has 6 nitrogen and oxygen atoms in total. The van der Waals surface area contributed by atoms with Gasteiger partial charge in [0.1, 0.15) is 0 Å². The van der Waals surface area contributed by atoms with E-state index in [0.29, 0.717) is 11.1 Å². The van der Waals surface area contributed by atoms with Gasteiger partial charge in [-0.1, -0.05) is 23.9 Å². The van der Waals surface area contributed by atoms with Crippen molar-refractivity contribution in [3.8, 4) is 0 Å². The molecule has 3 N–H and O–H groups in total. The highest BCUT2D eigenvalue weighted by atomic mass is 127. The van der Waals surface area contributed by atoms with Crippen LogP contribution in [0, 0.1) is 3.57 Å². The lowest BCUT2D eigenvalue weighted by molar-refractivity contribution is -0.113. The third-order valence-corrected chi connectivity index (χ3v) is 4.31. The number of aromatic nitrogens is 3. The summed E-state index contributed by atoms with van der Waals surface area (Å²) in [5.74, 6) is 0.507. The number of carbonyl (C=O) groups excluding carboxylic acids is 1. The highest BCUT2D eigenvalue weighted by Gasteiger charge is 2.10. The van der Waals surface area contributed by atoms with Crippen LogP contribution in [0.4, 0.5) is 11.6 Å². The Bertz CT molecular complexity index is 601. The van der Waals surface area contributed by atoms with Crippen molar-refractivity contribution in [1.29, 1.82) is 0 Å². The van der Waals surface area contributed by atoms with E-state index in [-0.39, 0.29) is 11.7 Å². The standard InChI is InChI=1S/C11H12IN5OS/c1-17-10(13)15-16-11(17)19-6-9(18)14-8-5-3-2-4-7(8)12/h2-5H,6H2,1H3,(H2,13,15)(H,14,18). The molecule has 0 spiro atoms. The molecule has 1 aromatic heterocycles. The summed E-state index contributed by atoms with van der Waals surface area (Å²) in [4.78, 5) is 11.8. The molecule has 0 unspecified atom stereocenters. The first-order valence-corrected chi connectivity index (χ1v) is 7.46. The highest BCUT2D eigenvalue weighted by Crippen LogP contribution is 2.19. The van der Waals surface area contributed by atoms with Gasteiger partial charge in [-0.25, -0.2) is 0 Å². The van der Waals surface area contributed by atoms with Crippen LogP contribution in [0.1, 0.15) is 0 Å². The van der Waals surface area contributed by atoms with Crippen molar-refractivity contribution < 1.29 is 4.79 Å². The summed E-state index contributed by atoms with van der Waals surface area (Å²) in [6, 6.07) is 7.61. The summed E-state index contributed by atoms with van der Waals surface area (Å²) in [6.07, 6.45) is 0. The van der Waals surface area contributed by atoms with Gasteiger partial charge in [0.05, 0.1) is 11.4 Å². The highest BCUT2D eigenvalue weighted by molar-refractivity contribution is 14.1. The molecule has 8 heteroatoms. The molecule has 2 aromatic rings. The van der Waals surface area contributed by atoms with Crippen LogP contribution in [0.3, 0.4) is 0 Å². The Labute approximate surface area is 128 Å². The minimum Gasteiger partial charge on any atom is -0.368 e. The summed E-state index contributed by atoms with van der Waals surface area (Å²) >= 11 is 3.47. The maximum absolute atomic E-state index is 11.8. The smallest absolute Gasteiger partial charge is 0.234 e. The SMILES string of the molecule is Cn1c(N)nnc1SCC(=O)Nc1ccccc1I. The van der Waals surface area contributed by atoms with Crippen molar-refractivity contribution in [1.82, 2.24) is 14.8 Å². The number of nitrogens with two attached hydrogens (primary N) is 1. The van der Waals surface area contributed by atoms with Gasteiger partial charge in [0, 0.05) is 10.6 Å². The number of nitrogens with zero attached hydrogens (tertiary/aromatic N) is 3. The van der Waals surface area contributed by atoms with Crippen LogP contribution >= 0.6 is 34.4 Å². The number of rotatable bonds is 4. The van der Waals surface area contributed by atoms with Gasteiger partial charge in [0.25, 0.3) is 0 Å². The van der Waals surface area contributed by atoms with Crippen LogP contribution in [0.15, 0.2) is 29.4 Å². The molecule has 100 valence electrons. The first-order valence-electron chi connectivity index (χ1n) is 5.40. The average Bonchev–Trinajstić information content (AvgIpc) is 2.70. The van der Waals surface area contributed by atoms with Gasteiger partial charge in [0.2, 0.25) is 11.9 Å². The van der Waals surface area contributed by atoms with Gasteiger partial charge >= 0.3 is 0 Å². The minimum absolute atomic E-state index is 0.0873. The van der Waals surface area contributed by atoms with E-state index >= 15 is 0 Å². The second-order valence-corrected chi connectivity index (χ2v) is 5.82. The quantitative estimate of drug-likeness (QED) is 0.615. The molecule has 1 aromatic carbocycles. The monoisotopic (exact) mass is 389 g/mol. The lowest BCUT2D eigenvalue weighted by Gasteiger charge is -2.06. The second kappa shape index (κ2) is 6.24. The van der Waals surface area contributed by atoms with E-state index in [0.717, 1.165) is 9.26 Å². The Morgan fingerprint density at radius 1 is 1.47 bits per heavy atom.